The topological polar surface area (TPSA) is 63.7 Å². The second kappa shape index (κ2) is 6.88. The Morgan fingerprint density at radius 3 is 2.44 bits per heavy atom. The van der Waals surface area contributed by atoms with Crippen molar-refractivity contribution in [3.63, 3.8) is 0 Å². The highest BCUT2D eigenvalue weighted by molar-refractivity contribution is 7.92. The Hall–Kier alpha value is -2.34. The van der Waals surface area contributed by atoms with Gasteiger partial charge in [-0.25, -0.2) is 8.42 Å². The van der Waals surface area contributed by atoms with Crippen molar-refractivity contribution < 1.29 is 17.9 Å². The molecule has 1 aliphatic heterocycles. The highest BCUT2D eigenvalue weighted by atomic mass is 32.2. The SMILES string of the molecule is COc1ccc(S(=O)(=O)C2CN(C(=O)Cc3cccc(C)c3)C2)cc1. The monoisotopic (exact) mass is 359 g/mol. The van der Waals surface area contributed by atoms with Crippen LogP contribution in [0.25, 0.3) is 0 Å². The number of rotatable bonds is 5. The Labute approximate surface area is 148 Å². The molecule has 3 rings (SSSR count). The minimum atomic E-state index is -3.42. The van der Waals surface area contributed by atoms with E-state index in [0.717, 1.165) is 11.1 Å². The Balaban J connectivity index is 1.61. The maximum absolute atomic E-state index is 12.6. The predicted octanol–water partition coefficient (Wildman–Crippen LogP) is 2.23. The number of hydrogen-bond acceptors (Lipinski definition) is 4. The number of methoxy groups -OCH3 is 1. The smallest absolute Gasteiger partial charge is 0.227 e. The maximum Gasteiger partial charge on any atom is 0.227 e. The second-order valence-corrected chi connectivity index (χ2v) is 8.54. The zero-order valence-electron chi connectivity index (χ0n) is 14.3. The van der Waals surface area contributed by atoms with E-state index in [1.807, 2.05) is 31.2 Å². The molecule has 1 saturated heterocycles. The zero-order chi connectivity index (χ0) is 18.0. The summed E-state index contributed by atoms with van der Waals surface area (Å²) in [6.45, 7) is 2.48. The van der Waals surface area contributed by atoms with Gasteiger partial charge < -0.3 is 9.64 Å². The fourth-order valence-corrected chi connectivity index (χ4v) is 4.56. The Bertz CT molecular complexity index is 869. The number of amides is 1. The molecule has 0 saturated carbocycles. The van der Waals surface area contributed by atoms with Crippen LogP contribution in [0.4, 0.5) is 0 Å². The lowest BCUT2D eigenvalue weighted by atomic mass is 10.1. The van der Waals surface area contributed by atoms with E-state index in [1.165, 1.54) is 7.11 Å². The maximum atomic E-state index is 12.6. The van der Waals surface area contributed by atoms with Gasteiger partial charge in [0, 0.05) is 13.1 Å². The molecule has 25 heavy (non-hydrogen) atoms. The van der Waals surface area contributed by atoms with Crippen LogP contribution in [0.15, 0.2) is 53.4 Å². The van der Waals surface area contributed by atoms with E-state index in [-0.39, 0.29) is 23.9 Å². The summed E-state index contributed by atoms with van der Waals surface area (Å²) in [4.78, 5) is 14.2. The summed E-state index contributed by atoms with van der Waals surface area (Å²) in [6, 6.07) is 14.1. The van der Waals surface area contributed by atoms with Crippen LogP contribution in [0, 0.1) is 6.92 Å². The summed E-state index contributed by atoms with van der Waals surface area (Å²) in [5, 5.41) is -0.539. The second-order valence-electron chi connectivity index (χ2n) is 6.31. The molecule has 6 heteroatoms. The van der Waals surface area contributed by atoms with Gasteiger partial charge in [-0.1, -0.05) is 29.8 Å². The van der Waals surface area contributed by atoms with Gasteiger partial charge in [-0.2, -0.15) is 0 Å². The minimum Gasteiger partial charge on any atom is -0.497 e. The standard InChI is InChI=1S/C19H21NO4S/c1-14-4-3-5-15(10-14)11-19(21)20-12-18(13-20)25(22,23)17-8-6-16(24-2)7-9-17/h3-10,18H,11-13H2,1-2H3. The number of benzene rings is 2. The molecule has 0 unspecified atom stereocenters. The van der Waals surface area contributed by atoms with Crippen LogP contribution in [-0.4, -0.2) is 44.7 Å². The van der Waals surface area contributed by atoms with Gasteiger partial charge in [-0.3, -0.25) is 4.79 Å². The molecule has 0 aliphatic carbocycles. The highest BCUT2D eigenvalue weighted by Gasteiger charge is 2.40. The molecule has 0 radical (unpaired) electrons. The van der Waals surface area contributed by atoms with E-state index < -0.39 is 15.1 Å². The summed E-state index contributed by atoms with van der Waals surface area (Å²) in [7, 11) is -1.89. The van der Waals surface area contributed by atoms with E-state index in [9.17, 15) is 13.2 Å². The van der Waals surface area contributed by atoms with Gasteiger partial charge in [0.05, 0.1) is 18.4 Å². The van der Waals surface area contributed by atoms with Crippen LogP contribution < -0.4 is 4.74 Å². The molecule has 0 atom stereocenters. The van der Waals surface area contributed by atoms with E-state index in [1.54, 1.807) is 29.2 Å². The van der Waals surface area contributed by atoms with Crippen LogP contribution in [0.3, 0.4) is 0 Å². The summed E-state index contributed by atoms with van der Waals surface area (Å²) in [6.07, 6.45) is 0.303. The number of sulfone groups is 1. The molecule has 0 aromatic heterocycles. The summed E-state index contributed by atoms with van der Waals surface area (Å²) in [5.41, 5.74) is 2.06. The van der Waals surface area contributed by atoms with Gasteiger partial charge in [-0.05, 0) is 36.8 Å². The third-order valence-corrected chi connectivity index (χ3v) is 6.57. The lowest BCUT2D eigenvalue weighted by molar-refractivity contribution is -0.133. The van der Waals surface area contributed by atoms with Crippen LogP contribution in [0.5, 0.6) is 5.75 Å². The normalized spacial score (nSPS) is 14.9. The molecule has 0 spiro atoms. The lowest BCUT2D eigenvalue weighted by Gasteiger charge is -2.38. The molecular weight excluding hydrogens is 338 g/mol. The fraction of sp³-hybridized carbons (Fsp3) is 0.316. The summed E-state index contributed by atoms with van der Waals surface area (Å²) < 4.78 is 30.3. The molecule has 0 bridgehead atoms. The first-order chi connectivity index (χ1) is 11.9. The molecule has 2 aromatic rings. The zero-order valence-corrected chi connectivity index (χ0v) is 15.1. The quantitative estimate of drug-likeness (QED) is 0.821. The molecular formula is C19H21NO4S. The Morgan fingerprint density at radius 1 is 1.16 bits per heavy atom. The van der Waals surface area contributed by atoms with E-state index in [2.05, 4.69) is 0 Å². The summed E-state index contributed by atoms with van der Waals surface area (Å²) in [5.74, 6) is 0.578. The third kappa shape index (κ3) is 3.69. The highest BCUT2D eigenvalue weighted by Crippen LogP contribution is 2.26. The van der Waals surface area contributed by atoms with Crippen molar-refractivity contribution in [3.05, 3.63) is 59.7 Å². The Kier molecular flexibility index (Phi) is 4.81. The van der Waals surface area contributed by atoms with Crippen LogP contribution >= 0.6 is 0 Å². The van der Waals surface area contributed by atoms with Gasteiger partial charge >= 0.3 is 0 Å². The number of carbonyl (C=O) groups is 1. The van der Waals surface area contributed by atoms with E-state index in [0.29, 0.717) is 12.2 Å². The van der Waals surface area contributed by atoms with Crippen molar-refractivity contribution in [1.29, 1.82) is 0 Å². The number of likely N-dealkylation sites (tertiary alicyclic amines) is 1. The first kappa shape index (κ1) is 17.5. The van der Waals surface area contributed by atoms with Gasteiger partial charge in [0.2, 0.25) is 5.91 Å². The van der Waals surface area contributed by atoms with Gasteiger partial charge in [0.25, 0.3) is 0 Å². The molecule has 0 N–H and O–H groups in total. The largest absolute Gasteiger partial charge is 0.497 e. The Morgan fingerprint density at radius 2 is 1.84 bits per heavy atom. The molecule has 1 heterocycles. The number of ether oxygens (including phenoxy) is 1. The first-order valence-corrected chi connectivity index (χ1v) is 9.66. The molecule has 1 aliphatic rings. The van der Waals surface area contributed by atoms with Crippen molar-refractivity contribution in [1.82, 2.24) is 4.90 Å². The van der Waals surface area contributed by atoms with Gasteiger partial charge in [-0.15, -0.1) is 0 Å². The van der Waals surface area contributed by atoms with Crippen LogP contribution in [0.2, 0.25) is 0 Å². The number of aryl methyl sites for hydroxylation is 1. The van der Waals surface area contributed by atoms with Crippen molar-refractivity contribution in [2.75, 3.05) is 20.2 Å². The number of carbonyl (C=O) groups excluding carboxylic acids is 1. The van der Waals surface area contributed by atoms with Gasteiger partial charge in [0.1, 0.15) is 11.0 Å². The number of nitrogens with zero attached hydrogens (tertiary/aromatic N) is 1. The molecule has 1 amide bonds. The van der Waals surface area contributed by atoms with Crippen molar-refractivity contribution in [3.8, 4) is 5.75 Å². The van der Waals surface area contributed by atoms with Crippen LogP contribution in [-0.2, 0) is 21.1 Å². The minimum absolute atomic E-state index is 0.0354. The van der Waals surface area contributed by atoms with Gasteiger partial charge in [0.15, 0.2) is 9.84 Å². The lowest BCUT2D eigenvalue weighted by Crippen LogP contribution is -2.57. The molecule has 2 aromatic carbocycles. The first-order valence-electron chi connectivity index (χ1n) is 8.11. The van der Waals surface area contributed by atoms with E-state index >= 15 is 0 Å². The molecule has 132 valence electrons. The number of hydrogen-bond donors (Lipinski definition) is 0. The van der Waals surface area contributed by atoms with Crippen LogP contribution in [0.1, 0.15) is 11.1 Å². The fourth-order valence-electron chi connectivity index (χ4n) is 2.90. The average Bonchev–Trinajstić information content (AvgIpc) is 2.53. The van der Waals surface area contributed by atoms with Crippen molar-refractivity contribution >= 4 is 15.7 Å². The molecule has 5 nitrogen and oxygen atoms in total. The van der Waals surface area contributed by atoms with Crippen molar-refractivity contribution in [2.24, 2.45) is 0 Å². The predicted molar refractivity (Wildman–Crippen MR) is 95.4 cm³/mol. The summed E-state index contributed by atoms with van der Waals surface area (Å²) >= 11 is 0. The van der Waals surface area contributed by atoms with Crippen molar-refractivity contribution in [2.45, 2.75) is 23.5 Å². The average molecular weight is 359 g/mol. The third-order valence-electron chi connectivity index (χ3n) is 4.47. The molecule has 1 fully saturated rings. The van der Waals surface area contributed by atoms with E-state index in [4.69, 9.17) is 4.74 Å².